The summed E-state index contributed by atoms with van der Waals surface area (Å²) in [6.45, 7) is 5.72. The maximum Gasteiger partial charge on any atom is 0.263 e. The molecule has 3 heterocycles. The van der Waals surface area contributed by atoms with Crippen molar-refractivity contribution >= 4 is 17.7 Å². The highest BCUT2D eigenvalue weighted by Crippen LogP contribution is 2.24. The number of likely N-dealkylation sites (tertiary alicyclic amines) is 1. The van der Waals surface area contributed by atoms with Gasteiger partial charge in [-0.3, -0.25) is 4.79 Å². The third-order valence-corrected chi connectivity index (χ3v) is 5.52. The highest BCUT2D eigenvalue weighted by atomic mass is 32.2. The molecule has 1 saturated heterocycles. The van der Waals surface area contributed by atoms with Crippen molar-refractivity contribution in [3.8, 4) is 11.7 Å². The average molecular weight is 348 g/mol. The first-order valence-corrected chi connectivity index (χ1v) is 9.61. The fourth-order valence-corrected chi connectivity index (χ4v) is 4.14. The molecule has 130 valence electrons. The van der Waals surface area contributed by atoms with Crippen molar-refractivity contribution in [3.05, 3.63) is 29.9 Å². The first-order chi connectivity index (χ1) is 11.7. The number of hydrogen-bond donors (Lipinski definition) is 0. The molecule has 0 N–H and O–H groups in total. The third-order valence-electron chi connectivity index (χ3n) is 4.33. The molecular formula is C18H24N2O3S. The van der Waals surface area contributed by atoms with Crippen molar-refractivity contribution in [1.82, 2.24) is 9.88 Å². The molecule has 5 nitrogen and oxygen atoms in total. The lowest BCUT2D eigenvalue weighted by Crippen LogP contribution is -2.36. The van der Waals surface area contributed by atoms with Crippen LogP contribution >= 0.6 is 11.8 Å². The number of oxazole rings is 1. The molecule has 0 aliphatic carbocycles. The normalized spacial score (nSPS) is 18.6. The minimum atomic E-state index is 0.140. The minimum absolute atomic E-state index is 0.140. The van der Waals surface area contributed by atoms with Crippen LogP contribution in [0.25, 0.3) is 11.7 Å². The van der Waals surface area contributed by atoms with Gasteiger partial charge in [0.05, 0.1) is 18.4 Å². The zero-order chi connectivity index (χ0) is 16.9. The minimum Gasteiger partial charge on any atom is -0.459 e. The average Bonchev–Trinajstić information content (AvgIpc) is 3.14. The molecule has 2 aromatic rings. The molecule has 0 radical (unpaired) electrons. The number of aryl methyl sites for hydroxylation is 1. The monoisotopic (exact) mass is 348 g/mol. The van der Waals surface area contributed by atoms with Gasteiger partial charge in [0.25, 0.3) is 5.89 Å². The van der Waals surface area contributed by atoms with E-state index in [0.29, 0.717) is 34.8 Å². The smallest absolute Gasteiger partial charge is 0.263 e. The van der Waals surface area contributed by atoms with Crippen LogP contribution in [0.5, 0.6) is 0 Å². The fraction of sp³-hybridized carbons (Fsp3) is 0.556. The fourth-order valence-electron chi connectivity index (χ4n) is 3.05. The summed E-state index contributed by atoms with van der Waals surface area (Å²) in [4.78, 5) is 19.2. The highest BCUT2D eigenvalue weighted by molar-refractivity contribution is 7.99. The van der Waals surface area contributed by atoms with E-state index in [4.69, 9.17) is 8.83 Å². The quantitative estimate of drug-likeness (QED) is 0.819. The van der Waals surface area contributed by atoms with Gasteiger partial charge in [0, 0.05) is 18.3 Å². The molecule has 24 heavy (non-hydrogen) atoms. The Hall–Kier alpha value is -1.69. The highest BCUT2D eigenvalue weighted by Gasteiger charge is 2.24. The molecule has 3 rings (SSSR count). The predicted molar refractivity (Wildman–Crippen MR) is 95.0 cm³/mol. The van der Waals surface area contributed by atoms with Gasteiger partial charge in [-0.1, -0.05) is 13.3 Å². The third kappa shape index (κ3) is 4.04. The second kappa shape index (κ2) is 7.92. The Labute approximate surface area is 146 Å². The molecule has 1 atom stereocenters. The summed E-state index contributed by atoms with van der Waals surface area (Å²) in [6.07, 6.45) is 5.37. The first kappa shape index (κ1) is 17.1. The van der Waals surface area contributed by atoms with Crippen molar-refractivity contribution in [2.24, 2.45) is 0 Å². The number of furan rings is 1. The molecule has 0 saturated carbocycles. The lowest BCUT2D eigenvalue weighted by molar-refractivity contribution is -0.130. The molecule has 1 aliphatic rings. The van der Waals surface area contributed by atoms with Gasteiger partial charge in [0.1, 0.15) is 5.76 Å². The van der Waals surface area contributed by atoms with Gasteiger partial charge in [-0.05, 0) is 37.7 Å². The topological polar surface area (TPSA) is 59.5 Å². The van der Waals surface area contributed by atoms with Crippen molar-refractivity contribution in [1.29, 1.82) is 0 Å². The van der Waals surface area contributed by atoms with E-state index in [1.54, 1.807) is 18.4 Å². The second-order valence-corrected chi connectivity index (χ2v) is 7.67. The van der Waals surface area contributed by atoms with Crippen LogP contribution in [0.15, 0.2) is 27.2 Å². The van der Waals surface area contributed by atoms with Crippen LogP contribution in [0.2, 0.25) is 0 Å². The molecule has 1 amide bonds. The van der Waals surface area contributed by atoms with Crippen LogP contribution in [0.1, 0.15) is 37.6 Å². The van der Waals surface area contributed by atoms with Crippen LogP contribution < -0.4 is 0 Å². The Balaban J connectivity index is 1.67. The molecular weight excluding hydrogens is 324 g/mol. The van der Waals surface area contributed by atoms with Crippen molar-refractivity contribution in [2.45, 2.75) is 44.8 Å². The summed E-state index contributed by atoms with van der Waals surface area (Å²) in [7, 11) is 0. The molecule has 0 bridgehead atoms. The number of rotatable bonds is 5. The summed E-state index contributed by atoms with van der Waals surface area (Å²) >= 11 is 1.96. The van der Waals surface area contributed by atoms with E-state index >= 15 is 0 Å². The number of nitrogens with zero attached hydrogens (tertiary/aromatic N) is 2. The van der Waals surface area contributed by atoms with E-state index < -0.39 is 0 Å². The summed E-state index contributed by atoms with van der Waals surface area (Å²) in [6, 6.07) is 3.60. The Morgan fingerprint density at radius 2 is 2.33 bits per heavy atom. The van der Waals surface area contributed by atoms with Crippen LogP contribution in [-0.4, -0.2) is 39.9 Å². The van der Waals surface area contributed by atoms with Gasteiger partial charge < -0.3 is 13.7 Å². The Morgan fingerprint density at radius 1 is 1.46 bits per heavy atom. The lowest BCUT2D eigenvalue weighted by atomic mass is 10.2. The molecule has 0 aromatic carbocycles. The maximum atomic E-state index is 12.7. The van der Waals surface area contributed by atoms with Gasteiger partial charge >= 0.3 is 0 Å². The van der Waals surface area contributed by atoms with E-state index in [0.717, 1.165) is 25.3 Å². The number of thioether (sulfide) groups is 1. The van der Waals surface area contributed by atoms with Gasteiger partial charge in [-0.15, -0.1) is 0 Å². The number of hydrogen-bond acceptors (Lipinski definition) is 5. The Morgan fingerprint density at radius 3 is 3.08 bits per heavy atom. The largest absolute Gasteiger partial charge is 0.459 e. The zero-order valence-electron chi connectivity index (χ0n) is 14.3. The Bertz CT molecular complexity index is 666. The molecule has 6 heteroatoms. The number of aromatic nitrogens is 1. The van der Waals surface area contributed by atoms with Crippen LogP contribution in [-0.2, 0) is 11.2 Å². The van der Waals surface area contributed by atoms with Crippen molar-refractivity contribution < 1.29 is 13.6 Å². The summed E-state index contributed by atoms with van der Waals surface area (Å²) < 4.78 is 11.0. The van der Waals surface area contributed by atoms with E-state index in [1.807, 2.05) is 23.6 Å². The summed E-state index contributed by atoms with van der Waals surface area (Å²) in [5, 5.41) is 0.554. The van der Waals surface area contributed by atoms with Crippen LogP contribution in [0, 0.1) is 6.92 Å². The lowest BCUT2D eigenvalue weighted by Gasteiger charge is -2.24. The predicted octanol–water partition coefficient (Wildman–Crippen LogP) is 3.92. The maximum absolute atomic E-state index is 12.7. The standard InChI is InChI=1S/C18H24N2O3S/c1-3-24-14-7-4-5-9-20(12-14)17(21)11-15-13(2)23-18(19-15)16-8-6-10-22-16/h6,8,10,14H,3-5,7,9,11-12H2,1-2H3. The molecule has 1 unspecified atom stereocenters. The zero-order valence-corrected chi connectivity index (χ0v) is 15.1. The number of amides is 1. The van der Waals surface area contributed by atoms with Crippen molar-refractivity contribution in [3.63, 3.8) is 0 Å². The van der Waals surface area contributed by atoms with E-state index in [2.05, 4.69) is 11.9 Å². The van der Waals surface area contributed by atoms with Crippen molar-refractivity contribution in [2.75, 3.05) is 18.8 Å². The van der Waals surface area contributed by atoms with E-state index in [-0.39, 0.29) is 5.91 Å². The van der Waals surface area contributed by atoms with E-state index in [9.17, 15) is 4.79 Å². The Kier molecular flexibility index (Phi) is 5.66. The molecule has 1 aliphatic heterocycles. The van der Waals surface area contributed by atoms with Gasteiger partial charge in [0.15, 0.2) is 5.76 Å². The van der Waals surface area contributed by atoms with Gasteiger partial charge in [0.2, 0.25) is 5.91 Å². The number of carbonyl (C=O) groups is 1. The molecule has 2 aromatic heterocycles. The van der Waals surface area contributed by atoms with Crippen LogP contribution in [0.4, 0.5) is 0 Å². The SMILES string of the molecule is CCSC1CCCCN(C(=O)Cc2nc(-c3ccco3)oc2C)C1. The molecule has 1 fully saturated rings. The second-order valence-electron chi connectivity index (χ2n) is 6.09. The van der Waals surface area contributed by atoms with Crippen LogP contribution in [0.3, 0.4) is 0 Å². The summed E-state index contributed by atoms with van der Waals surface area (Å²) in [5.74, 6) is 2.95. The van der Waals surface area contributed by atoms with Gasteiger partial charge in [-0.2, -0.15) is 11.8 Å². The molecule has 0 spiro atoms. The number of carbonyl (C=O) groups excluding carboxylic acids is 1. The summed E-state index contributed by atoms with van der Waals surface area (Å²) in [5.41, 5.74) is 0.704. The van der Waals surface area contributed by atoms with Gasteiger partial charge in [-0.25, -0.2) is 4.98 Å². The van der Waals surface area contributed by atoms with E-state index in [1.165, 1.54) is 12.8 Å². The first-order valence-electron chi connectivity index (χ1n) is 8.57.